The Bertz CT molecular complexity index is 724. The predicted octanol–water partition coefficient (Wildman–Crippen LogP) is 3.51. The molecule has 3 rings (SSSR count). The maximum absolute atomic E-state index is 12.5. The molecule has 0 saturated carbocycles. The van der Waals surface area contributed by atoms with Gasteiger partial charge in [0.1, 0.15) is 5.75 Å². The van der Waals surface area contributed by atoms with E-state index in [0.717, 1.165) is 18.5 Å². The van der Waals surface area contributed by atoms with Gasteiger partial charge in [-0.1, -0.05) is 24.6 Å². The van der Waals surface area contributed by atoms with Crippen molar-refractivity contribution in [2.24, 2.45) is 0 Å². The van der Waals surface area contributed by atoms with Crippen molar-refractivity contribution in [3.63, 3.8) is 0 Å². The molecule has 2 unspecified atom stereocenters. The second-order valence-corrected chi connectivity index (χ2v) is 6.67. The number of amides is 1. The molecule has 1 aliphatic heterocycles. The van der Waals surface area contributed by atoms with Gasteiger partial charge in [0.15, 0.2) is 0 Å². The van der Waals surface area contributed by atoms with Gasteiger partial charge in [-0.25, -0.2) is 0 Å². The Labute approximate surface area is 154 Å². The Kier molecular flexibility index (Phi) is 6.26. The molecule has 0 aromatic heterocycles. The number of benzene rings is 2. The summed E-state index contributed by atoms with van der Waals surface area (Å²) in [5, 5.41) is 17.1. The first kappa shape index (κ1) is 18.4. The van der Waals surface area contributed by atoms with Gasteiger partial charge in [-0.3, -0.25) is 4.79 Å². The van der Waals surface area contributed by atoms with Crippen LogP contribution in [0.1, 0.15) is 47.7 Å². The van der Waals surface area contributed by atoms with Gasteiger partial charge < -0.3 is 20.5 Å². The number of rotatable bonds is 6. The summed E-state index contributed by atoms with van der Waals surface area (Å²) in [4.78, 5) is 12.5. The summed E-state index contributed by atoms with van der Waals surface area (Å²) in [7, 11) is 1.59. The van der Waals surface area contributed by atoms with Crippen molar-refractivity contribution >= 4 is 11.6 Å². The van der Waals surface area contributed by atoms with Crippen molar-refractivity contribution in [2.75, 3.05) is 19.0 Å². The van der Waals surface area contributed by atoms with Crippen LogP contribution in [0, 0.1) is 0 Å². The molecule has 26 heavy (non-hydrogen) atoms. The average Bonchev–Trinajstić information content (AvgIpc) is 2.69. The minimum atomic E-state index is -0.613. The summed E-state index contributed by atoms with van der Waals surface area (Å²) in [6, 6.07) is 14.7. The first-order valence-electron chi connectivity index (χ1n) is 9.13. The highest BCUT2D eigenvalue weighted by Crippen LogP contribution is 2.28. The zero-order chi connectivity index (χ0) is 18.4. The first-order chi connectivity index (χ1) is 12.7. The highest BCUT2D eigenvalue weighted by Gasteiger charge is 2.20. The Morgan fingerprint density at radius 1 is 1.23 bits per heavy atom. The van der Waals surface area contributed by atoms with Crippen LogP contribution in [-0.4, -0.2) is 30.7 Å². The number of aliphatic hydroxyl groups is 1. The molecule has 2 aromatic carbocycles. The second-order valence-electron chi connectivity index (χ2n) is 6.67. The second kappa shape index (κ2) is 8.83. The standard InChI is InChI=1S/C21H26N2O3/c1-26-17-11-9-15(10-12-17)21(25)23-19-8-3-2-7-18(19)20(24)14-16-6-4-5-13-22-16/h2-3,7-12,16,20,22,24H,4-6,13-14H2,1H3,(H,23,25). The van der Waals surface area contributed by atoms with Gasteiger partial charge in [0.05, 0.1) is 13.2 Å². The molecule has 0 bridgehead atoms. The van der Waals surface area contributed by atoms with Crippen molar-refractivity contribution < 1.29 is 14.6 Å². The predicted molar refractivity (Wildman–Crippen MR) is 103 cm³/mol. The van der Waals surface area contributed by atoms with Crippen LogP contribution in [0.5, 0.6) is 5.75 Å². The van der Waals surface area contributed by atoms with Crippen molar-refractivity contribution in [1.29, 1.82) is 0 Å². The fourth-order valence-corrected chi connectivity index (χ4v) is 3.36. The van der Waals surface area contributed by atoms with Crippen LogP contribution in [0.25, 0.3) is 0 Å². The molecule has 1 saturated heterocycles. The van der Waals surface area contributed by atoms with E-state index in [4.69, 9.17) is 4.74 Å². The molecule has 2 atom stereocenters. The summed E-state index contributed by atoms with van der Waals surface area (Å²) in [6.07, 6.45) is 3.51. The SMILES string of the molecule is COc1ccc(C(=O)Nc2ccccc2C(O)CC2CCCCN2)cc1. The zero-order valence-corrected chi connectivity index (χ0v) is 15.1. The van der Waals surface area contributed by atoms with Crippen LogP contribution in [-0.2, 0) is 0 Å². The lowest BCUT2D eigenvalue weighted by Crippen LogP contribution is -2.35. The average molecular weight is 354 g/mol. The smallest absolute Gasteiger partial charge is 0.255 e. The van der Waals surface area contributed by atoms with E-state index < -0.39 is 6.10 Å². The lowest BCUT2D eigenvalue weighted by molar-refractivity contribution is 0.102. The molecule has 5 nitrogen and oxygen atoms in total. The third kappa shape index (κ3) is 4.62. The third-order valence-corrected chi connectivity index (χ3v) is 4.84. The van der Waals surface area contributed by atoms with Gasteiger partial charge in [0.25, 0.3) is 5.91 Å². The Hall–Kier alpha value is -2.37. The molecule has 5 heteroatoms. The Morgan fingerprint density at radius 2 is 2.00 bits per heavy atom. The summed E-state index contributed by atoms with van der Waals surface area (Å²) in [5.74, 6) is 0.500. The highest BCUT2D eigenvalue weighted by molar-refractivity contribution is 6.04. The number of carbonyl (C=O) groups excluding carboxylic acids is 1. The topological polar surface area (TPSA) is 70.6 Å². The highest BCUT2D eigenvalue weighted by atomic mass is 16.5. The number of hydrogen-bond donors (Lipinski definition) is 3. The van der Waals surface area contributed by atoms with Crippen molar-refractivity contribution in [3.8, 4) is 5.75 Å². The van der Waals surface area contributed by atoms with E-state index in [9.17, 15) is 9.90 Å². The molecule has 0 spiro atoms. The van der Waals surface area contributed by atoms with Crippen LogP contribution in [0.4, 0.5) is 5.69 Å². The quantitative estimate of drug-likeness (QED) is 0.742. The van der Waals surface area contributed by atoms with Crippen LogP contribution >= 0.6 is 0 Å². The van der Waals surface area contributed by atoms with Gasteiger partial charge >= 0.3 is 0 Å². The molecule has 0 radical (unpaired) electrons. The maximum Gasteiger partial charge on any atom is 0.255 e. The van der Waals surface area contributed by atoms with E-state index in [2.05, 4.69) is 10.6 Å². The molecular formula is C21H26N2O3. The molecule has 3 N–H and O–H groups in total. The molecule has 1 amide bonds. The summed E-state index contributed by atoms with van der Waals surface area (Å²) in [5.41, 5.74) is 1.95. The van der Waals surface area contributed by atoms with Crippen LogP contribution in [0.15, 0.2) is 48.5 Å². The van der Waals surface area contributed by atoms with E-state index in [-0.39, 0.29) is 5.91 Å². The lowest BCUT2D eigenvalue weighted by Gasteiger charge is -2.26. The molecular weight excluding hydrogens is 328 g/mol. The fraction of sp³-hybridized carbons (Fsp3) is 0.381. The number of ether oxygens (including phenoxy) is 1. The number of anilines is 1. The summed E-state index contributed by atoms with van der Waals surface area (Å²) < 4.78 is 5.12. The number of nitrogens with one attached hydrogen (secondary N) is 2. The van der Waals surface area contributed by atoms with Crippen LogP contribution in [0.2, 0.25) is 0 Å². The molecule has 1 aliphatic rings. The molecule has 2 aromatic rings. The molecule has 0 aliphatic carbocycles. The monoisotopic (exact) mass is 354 g/mol. The fourth-order valence-electron chi connectivity index (χ4n) is 3.36. The minimum absolute atomic E-state index is 0.205. The number of methoxy groups -OCH3 is 1. The van der Waals surface area contributed by atoms with Gasteiger partial charge in [0.2, 0.25) is 0 Å². The van der Waals surface area contributed by atoms with E-state index in [1.54, 1.807) is 31.4 Å². The minimum Gasteiger partial charge on any atom is -0.497 e. The molecule has 138 valence electrons. The van der Waals surface area contributed by atoms with E-state index in [1.807, 2.05) is 24.3 Å². The maximum atomic E-state index is 12.5. The van der Waals surface area contributed by atoms with E-state index >= 15 is 0 Å². The number of aliphatic hydroxyl groups excluding tert-OH is 1. The van der Waals surface area contributed by atoms with Crippen molar-refractivity contribution in [3.05, 3.63) is 59.7 Å². The summed E-state index contributed by atoms with van der Waals surface area (Å²) in [6.45, 7) is 1.01. The van der Waals surface area contributed by atoms with Gasteiger partial charge in [-0.05, 0) is 56.1 Å². The van der Waals surface area contributed by atoms with E-state index in [0.29, 0.717) is 29.5 Å². The van der Waals surface area contributed by atoms with Gasteiger partial charge in [-0.15, -0.1) is 0 Å². The number of carbonyl (C=O) groups is 1. The number of piperidine rings is 1. The zero-order valence-electron chi connectivity index (χ0n) is 15.1. The normalized spacial score (nSPS) is 18.2. The summed E-state index contributed by atoms with van der Waals surface area (Å²) >= 11 is 0. The number of para-hydroxylation sites is 1. The van der Waals surface area contributed by atoms with E-state index in [1.165, 1.54) is 12.8 Å². The Balaban J connectivity index is 1.70. The van der Waals surface area contributed by atoms with Crippen LogP contribution < -0.4 is 15.4 Å². The molecule has 1 fully saturated rings. The third-order valence-electron chi connectivity index (χ3n) is 4.84. The van der Waals surface area contributed by atoms with Crippen molar-refractivity contribution in [1.82, 2.24) is 5.32 Å². The molecule has 1 heterocycles. The Morgan fingerprint density at radius 3 is 2.69 bits per heavy atom. The first-order valence-corrected chi connectivity index (χ1v) is 9.13. The van der Waals surface area contributed by atoms with Crippen molar-refractivity contribution in [2.45, 2.75) is 37.8 Å². The van der Waals surface area contributed by atoms with Crippen LogP contribution in [0.3, 0.4) is 0 Å². The van der Waals surface area contributed by atoms with Gasteiger partial charge in [0, 0.05) is 22.9 Å². The largest absolute Gasteiger partial charge is 0.497 e. The van der Waals surface area contributed by atoms with Gasteiger partial charge in [-0.2, -0.15) is 0 Å². The lowest BCUT2D eigenvalue weighted by atomic mass is 9.95. The number of hydrogen-bond acceptors (Lipinski definition) is 4.